The number of pyridine rings is 1. The number of benzene rings is 1. The monoisotopic (exact) mass is 322 g/mol. The van der Waals surface area contributed by atoms with Crippen LogP contribution in [0.5, 0.6) is 0 Å². The zero-order chi connectivity index (χ0) is 17.1. The van der Waals surface area contributed by atoms with Gasteiger partial charge in [-0.25, -0.2) is 4.79 Å². The highest BCUT2D eigenvalue weighted by Crippen LogP contribution is 2.24. The van der Waals surface area contributed by atoms with Gasteiger partial charge >= 0.3 is 5.97 Å². The number of carbonyl (C=O) groups is 2. The maximum atomic E-state index is 11.8. The van der Waals surface area contributed by atoms with Gasteiger partial charge in [0, 0.05) is 36.1 Å². The molecule has 1 amide bonds. The Morgan fingerprint density at radius 3 is 2.46 bits per heavy atom. The van der Waals surface area contributed by atoms with Crippen LogP contribution in [0.4, 0.5) is 5.69 Å². The van der Waals surface area contributed by atoms with Crippen LogP contribution in [0.25, 0.3) is 16.6 Å². The second kappa shape index (κ2) is 6.58. The Morgan fingerprint density at radius 2 is 1.79 bits per heavy atom. The van der Waals surface area contributed by atoms with Crippen LogP contribution >= 0.6 is 0 Å². The quantitative estimate of drug-likeness (QED) is 0.744. The standard InChI is InChI=1S/C19H18N2O3/c1-3-24-19(23)15-6-9-18-10-16(12-21(18)11-15)14-4-7-17(8-5-14)20-13(2)22/h4-12H,3H2,1-2H3,(H,20,22). The molecule has 1 aromatic carbocycles. The Labute approximate surface area is 139 Å². The Morgan fingerprint density at radius 1 is 1.04 bits per heavy atom. The topological polar surface area (TPSA) is 59.8 Å². The van der Waals surface area contributed by atoms with Crippen LogP contribution in [-0.2, 0) is 9.53 Å². The van der Waals surface area contributed by atoms with Crippen molar-refractivity contribution in [2.45, 2.75) is 13.8 Å². The molecule has 0 saturated carbocycles. The van der Waals surface area contributed by atoms with Gasteiger partial charge in [0.2, 0.25) is 5.91 Å². The fourth-order valence-corrected chi connectivity index (χ4v) is 2.55. The molecule has 5 heteroatoms. The number of anilines is 1. The molecule has 3 aromatic rings. The van der Waals surface area contributed by atoms with E-state index in [4.69, 9.17) is 4.74 Å². The Kier molecular flexibility index (Phi) is 4.33. The number of hydrogen-bond donors (Lipinski definition) is 1. The predicted molar refractivity (Wildman–Crippen MR) is 93.1 cm³/mol. The van der Waals surface area contributed by atoms with E-state index >= 15 is 0 Å². The molecule has 2 heterocycles. The molecule has 0 radical (unpaired) electrons. The van der Waals surface area contributed by atoms with Gasteiger partial charge in [-0.2, -0.15) is 0 Å². The molecule has 0 saturated heterocycles. The highest BCUT2D eigenvalue weighted by atomic mass is 16.5. The van der Waals surface area contributed by atoms with Crippen molar-refractivity contribution in [3.63, 3.8) is 0 Å². The summed E-state index contributed by atoms with van der Waals surface area (Å²) in [5, 5.41) is 2.75. The first-order chi connectivity index (χ1) is 11.6. The molecular formula is C19H18N2O3. The van der Waals surface area contributed by atoms with Gasteiger partial charge in [0.05, 0.1) is 12.2 Å². The van der Waals surface area contributed by atoms with Crippen molar-refractivity contribution >= 4 is 23.1 Å². The number of rotatable bonds is 4. The molecule has 0 aliphatic heterocycles. The minimum Gasteiger partial charge on any atom is -0.462 e. The molecule has 2 aromatic heterocycles. The number of ether oxygens (including phenoxy) is 1. The lowest BCUT2D eigenvalue weighted by molar-refractivity contribution is -0.114. The lowest BCUT2D eigenvalue weighted by Crippen LogP contribution is -2.05. The summed E-state index contributed by atoms with van der Waals surface area (Å²) < 4.78 is 6.93. The fraction of sp³-hybridized carbons (Fsp3) is 0.158. The van der Waals surface area contributed by atoms with Crippen molar-refractivity contribution < 1.29 is 14.3 Å². The Hall–Kier alpha value is -3.08. The minimum absolute atomic E-state index is 0.0937. The molecule has 0 atom stereocenters. The van der Waals surface area contributed by atoms with Crippen LogP contribution in [0.1, 0.15) is 24.2 Å². The molecule has 0 unspecified atom stereocenters. The van der Waals surface area contributed by atoms with Gasteiger partial charge in [0.15, 0.2) is 0 Å². The largest absolute Gasteiger partial charge is 0.462 e. The summed E-state index contributed by atoms with van der Waals surface area (Å²) in [7, 11) is 0. The van der Waals surface area contributed by atoms with Crippen LogP contribution in [0.2, 0.25) is 0 Å². The number of aromatic nitrogens is 1. The Balaban J connectivity index is 1.90. The molecular weight excluding hydrogens is 304 g/mol. The van der Waals surface area contributed by atoms with Crippen LogP contribution in [-0.4, -0.2) is 22.9 Å². The van der Waals surface area contributed by atoms with Gasteiger partial charge in [-0.05, 0) is 42.8 Å². The van der Waals surface area contributed by atoms with E-state index in [0.717, 1.165) is 22.3 Å². The minimum atomic E-state index is -0.325. The van der Waals surface area contributed by atoms with E-state index in [2.05, 4.69) is 5.32 Å². The first kappa shape index (κ1) is 15.8. The number of amides is 1. The van der Waals surface area contributed by atoms with Crippen molar-refractivity contribution in [1.82, 2.24) is 4.40 Å². The van der Waals surface area contributed by atoms with Crippen molar-refractivity contribution in [2.24, 2.45) is 0 Å². The van der Waals surface area contributed by atoms with Crippen molar-refractivity contribution in [2.75, 3.05) is 11.9 Å². The van der Waals surface area contributed by atoms with Crippen molar-refractivity contribution in [3.05, 3.63) is 60.4 Å². The van der Waals surface area contributed by atoms with Gasteiger partial charge < -0.3 is 14.5 Å². The third-order valence-corrected chi connectivity index (χ3v) is 3.64. The summed E-state index contributed by atoms with van der Waals surface area (Å²) in [4.78, 5) is 22.9. The van der Waals surface area contributed by atoms with Gasteiger partial charge in [0.25, 0.3) is 0 Å². The predicted octanol–water partition coefficient (Wildman–Crippen LogP) is 3.74. The smallest absolute Gasteiger partial charge is 0.339 e. The first-order valence-corrected chi connectivity index (χ1v) is 7.73. The van der Waals surface area contributed by atoms with Crippen molar-refractivity contribution in [1.29, 1.82) is 0 Å². The second-order valence-corrected chi connectivity index (χ2v) is 5.46. The highest BCUT2D eigenvalue weighted by molar-refractivity contribution is 5.90. The third-order valence-electron chi connectivity index (χ3n) is 3.64. The molecule has 122 valence electrons. The summed E-state index contributed by atoms with van der Waals surface area (Å²) in [6, 6.07) is 13.3. The second-order valence-electron chi connectivity index (χ2n) is 5.46. The zero-order valence-corrected chi connectivity index (χ0v) is 13.6. The average molecular weight is 322 g/mol. The highest BCUT2D eigenvalue weighted by Gasteiger charge is 2.09. The summed E-state index contributed by atoms with van der Waals surface area (Å²) in [6.45, 7) is 3.62. The summed E-state index contributed by atoms with van der Waals surface area (Å²) in [5.74, 6) is -0.418. The van der Waals surface area contributed by atoms with E-state index in [0.29, 0.717) is 12.2 Å². The molecule has 0 aliphatic carbocycles. The van der Waals surface area contributed by atoms with E-state index in [9.17, 15) is 9.59 Å². The Bertz CT molecular complexity index is 895. The lowest BCUT2D eigenvalue weighted by atomic mass is 10.1. The number of hydrogen-bond acceptors (Lipinski definition) is 3. The molecule has 24 heavy (non-hydrogen) atoms. The van der Waals surface area contributed by atoms with Gasteiger partial charge in [-0.3, -0.25) is 4.79 Å². The fourth-order valence-electron chi connectivity index (χ4n) is 2.55. The van der Waals surface area contributed by atoms with Gasteiger partial charge in [-0.1, -0.05) is 12.1 Å². The number of nitrogens with zero attached hydrogens (tertiary/aromatic N) is 1. The maximum Gasteiger partial charge on any atom is 0.339 e. The van der Waals surface area contributed by atoms with E-state index in [1.807, 2.05) is 47.0 Å². The number of fused-ring (bicyclic) bond motifs is 1. The molecule has 0 aliphatic rings. The van der Waals surface area contributed by atoms with Crippen LogP contribution in [0.3, 0.4) is 0 Å². The van der Waals surface area contributed by atoms with Gasteiger partial charge in [0.1, 0.15) is 0 Å². The van der Waals surface area contributed by atoms with Crippen molar-refractivity contribution in [3.8, 4) is 11.1 Å². The van der Waals surface area contributed by atoms with Crippen LogP contribution in [0, 0.1) is 0 Å². The number of esters is 1. The lowest BCUT2D eigenvalue weighted by Gasteiger charge is -2.03. The molecule has 1 N–H and O–H groups in total. The SMILES string of the molecule is CCOC(=O)c1ccc2cc(-c3ccc(NC(C)=O)cc3)cn2c1. The average Bonchev–Trinajstić information content (AvgIpc) is 2.98. The van der Waals surface area contributed by atoms with E-state index in [1.54, 1.807) is 19.2 Å². The normalized spacial score (nSPS) is 10.6. The molecule has 5 nitrogen and oxygen atoms in total. The van der Waals surface area contributed by atoms with E-state index < -0.39 is 0 Å². The molecule has 0 fully saturated rings. The number of nitrogens with one attached hydrogen (secondary N) is 1. The number of carbonyl (C=O) groups excluding carboxylic acids is 2. The summed E-state index contributed by atoms with van der Waals surface area (Å²) in [6.07, 6.45) is 3.73. The van der Waals surface area contributed by atoms with E-state index in [1.165, 1.54) is 6.92 Å². The van der Waals surface area contributed by atoms with Crippen LogP contribution < -0.4 is 5.32 Å². The first-order valence-electron chi connectivity index (χ1n) is 7.73. The summed E-state index contributed by atoms with van der Waals surface area (Å²) >= 11 is 0. The molecule has 0 bridgehead atoms. The molecule has 0 spiro atoms. The zero-order valence-electron chi connectivity index (χ0n) is 13.6. The summed E-state index contributed by atoms with van der Waals surface area (Å²) in [5.41, 5.74) is 4.34. The third kappa shape index (κ3) is 3.30. The maximum absolute atomic E-state index is 11.8. The van der Waals surface area contributed by atoms with Gasteiger partial charge in [-0.15, -0.1) is 0 Å². The van der Waals surface area contributed by atoms with E-state index in [-0.39, 0.29) is 11.9 Å². The molecule has 3 rings (SSSR count). The van der Waals surface area contributed by atoms with Crippen LogP contribution in [0.15, 0.2) is 54.9 Å².